The third kappa shape index (κ3) is 1.39. The molecule has 86 valence electrons. The highest BCUT2D eigenvalue weighted by molar-refractivity contribution is 5.10. The van der Waals surface area contributed by atoms with Gasteiger partial charge in [-0.25, -0.2) is 0 Å². The lowest BCUT2D eigenvalue weighted by molar-refractivity contribution is -0.190. The zero-order chi connectivity index (χ0) is 10.8. The molecule has 15 heavy (non-hydrogen) atoms. The van der Waals surface area contributed by atoms with Crippen LogP contribution in [0.1, 0.15) is 52.9 Å². The molecule has 0 spiro atoms. The Balaban J connectivity index is 1.94. The fraction of sp³-hybridized carbons (Fsp3) is 1.00. The third-order valence-corrected chi connectivity index (χ3v) is 5.41. The van der Waals surface area contributed by atoms with Crippen LogP contribution in [0.2, 0.25) is 0 Å². The first-order valence-electron chi connectivity index (χ1n) is 6.63. The molecule has 0 aromatic carbocycles. The van der Waals surface area contributed by atoms with Crippen molar-refractivity contribution in [2.75, 3.05) is 0 Å². The van der Waals surface area contributed by atoms with Gasteiger partial charge >= 0.3 is 0 Å². The molecule has 0 aromatic heterocycles. The standard InChI is InChI=1S/C14H24O/c1-9(2)12-10-4-13(3)5-11(12)7-14(15,6-10)8-13/h9-12,15H,4-8H2,1-3H3. The Morgan fingerprint density at radius 3 is 2.00 bits per heavy atom. The van der Waals surface area contributed by atoms with Gasteiger partial charge in [0.25, 0.3) is 0 Å². The van der Waals surface area contributed by atoms with E-state index in [1.54, 1.807) is 0 Å². The number of rotatable bonds is 1. The highest BCUT2D eigenvalue weighted by Gasteiger charge is 2.59. The maximum absolute atomic E-state index is 10.6. The lowest BCUT2D eigenvalue weighted by atomic mass is 9.44. The van der Waals surface area contributed by atoms with Crippen LogP contribution in [0.15, 0.2) is 0 Å². The number of hydrogen-bond donors (Lipinski definition) is 1. The average Bonchev–Trinajstić information content (AvgIpc) is 1.94. The molecule has 4 rings (SSSR count). The minimum absolute atomic E-state index is 0.272. The summed E-state index contributed by atoms with van der Waals surface area (Å²) in [5, 5.41) is 10.6. The van der Waals surface area contributed by atoms with Crippen molar-refractivity contribution in [3.63, 3.8) is 0 Å². The summed E-state index contributed by atoms with van der Waals surface area (Å²) in [6.07, 6.45) is 6.05. The van der Waals surface area contributed by atoms with Gasteiger partial charge in [0.2, 0.25) is 0 Å². The molecule has 2 atom stereocenters. The van der Waals surface area contributed by atoms with Crippen molar-refractivity contribution in [1.29, 1.82) is 0 Å². The molecular formula is C14H24O. The lowest BCUT2D eigenvalue weighted by Crippen LogP contribution is -2.59. The molecule has 4 saturated carbocycles. The Hall–Kier alpha value is -0.0400. The van der Waals surface area contributed by atoms with Crippen LogP contribution < -0.4 is 0 Å². The van der Waals surface area contributed by atoms with Crippen LogP contribution in [-0.2, 0) is 0 Å². The van der Waals surface area contributed by atoms with Crippen LogP contribution in [0.4, 0.5) is 0 Å². The first kappa shape index (κ1) is 10.1. The minimum Gasteiger partial charge on any atom is -0.390 e. The van der Waals surface area contributed by atoms with E-state index in [4.69, 9.17) is 0 Å². The van der Waals surface area contributed by atoms with E-state index < -0.39 is 0 Å². The molecule has 0 aromatic rings. The fourth-order valence-corrected chi connectivity index (χ4v) is 5.65. The van der Waals surface area contributed by atoms with Gasteiger partial charge in [0.1, 0.15) is 0 Å². The smallest absolute Gasteiger partial charge is 0.0658 e. The van der Waals surface area contributed by atoms with Gasteiger partial charge in [0.05, 0.1) is 5.60 Å². The molecule has 0 amide bonds. The van der Waals surface area contributed by atoms with Crippen molar-refractivity contribution < 1.29 is 5.11 Å². The predicted molar refractivity (Wildman–Crippen MR) is 61.4 cm³/mol. The second-order valence-electron chi connectivity index (χ2n) is 7.37. The second-order valence-corrected chi connectivity index (χ2v) is 7.37. The van der Waals surface area contributed by atoms with Crippen molar-refractivity contribution in [2.45, 2.75) is 58.5 Å². The maximum atomic E-state index is 10.6. The quantitative estimate of drug-likeness (QED) is 0.701. The monoisotopic (exact) mass is 208 g/mol. The normalized spacial score (nSPS) is 57.8. The summed E-state index contributed by atoms with van der Waals surface area (Å²) in [4.78, 5) is 0. The van der Waals surface area contributed by atoms with Crippen LogP contribution in [0.3, 0.4) is 0 Å². The van der Waals surface area contributed by atoms with E-state index in [0.29, 0.717) is 5.41 Å². The van der Waals surface area contributed by atoms with Crippen LogP contribution in [-0.4, -0.2) is 10.7 Å². The second kappa shape index (κ2) is 2.80. The van der Waals surface area contributed by atoms with E-state index in [9.17, 15) is 5.11 Å². The molecule has 0 heterocycles. The molecule has 4 aliphatic carbocycles. The first-order valence-corrected chi connectivity index (χ1v) is 6.63. The Kier molecular flexibility index (Phi) is 1.89. The third-order valence-electron chi connectivity index (χ3n) is 5.41. The van der Waals surface area contributed by atoms with Gasteiger partial charge in [-0.15, -0.1) is 0 Å². The minimum atomic E-state index is -0.272. The van der Waals surface area contributed by atoms with Gasteiger partial charge in [-0.1, -0.05) is 20.8 Å². The molecule has 2 unspecified atom stereocenters. The number of aliphatic hydroxyl groups is 1. The largest absolute Gasteiger partial charge is 0.390 e. The summed E-state index contributed by atoms with van der Waals surface area (Å²) >= 11 is 0. The van der Waals surface area contributed by atoms with Crippen LogP contribution in [0.25, 0.3) is 0 Å². The zero-order valence-corrected chi connectivity index (χ0v) is 10.3. The van der Waals surface area contributed by atoms with E-state index in [2.05, 4.69) is 20.8 Å². The van der Waals surface area contributed by atoms with Gasteiger partial charge < -0.3 is 5.11 Å². The highest BCUT2D eigenvalue weighted by Crippen LogP contribution is 2.64. The zero-order valence-electron chi connectivity index (χ0n) is 10.3. The average molecular weight is 208 g/mol. The SMILES string of the molecule is CC(C)C1C2CC3(C)CC1CC(O)(C2)C3. The Bertz CT molecular complexity index is 245. The van der Waals surface area contributed by atoms with Crippen molar-refractivity contribution in [1.82, 2.24) is 0 Å². The van der Waals surface area contributed by atoms with E-state index in [-0.39, 0.29) is 5.60 Å². The van der Waals surface area contributed by atoms with Crippen molar-refractivity contribution >= 4 is 0 Å². The molecule has 4 fully saturated rings. The maximum Gasteiger partial charge on any atom is 0.0658 e. The molecule has 4 bridgehead atoms. The first-order chi connectivity index (χ1) is 6.91. The van der Waals surface area contributed by atoms with Crippen LogP contribution >= 0.6 is 0 Å². The fourth-order valence-electron chi connectivity index (χ4n) is 5.65. The molecule has 1 N–H and O–H groups in total. The summed E-state index contributed by atoms with van der Waals surface area (Å²) in [5.74, 6) is 3.35. The Morgan fingerprint density at radius 1 is 1.07 bits per heavy atom. The van der Waals surface area contributed by atoms with Crippen molar-refractivity contribution in [2.24, 2.45) is 29.1 Å². The van der Waals surface area contributed by atoms with E-state index in [0.717, 1.165) is 42.9 Å². The summed E-state index contributed by atoms with van der Waals surface area (Å²) in [6, 6.07) is 0. The van der Waals surface area contributed by atoms with Crippen molar-refractivity contribution in [3.05, 3.63) is 0 Å². The molecule has 0 saturated heterocycles. The van der Waals surface area contributed by atoms with E-state index in [1.807, 2.05) is 0 Å². The lowest BCUT2D eigenvalue weighted by Gasteiger charge is -2.63. The summed E-state index contributed by atoms with van der Waals surface area (Å²) in [7, 11) is 0. The van der Waals surface area contributed by atoms with Gasteiger partial charge in [-0.3, -0.25) is 0 Å². The van der Waals surface area contributed by atoms with E-state index in [1.165, 1.54) is 12.8 Å². The molecule has 0 aliphatic heterocycles. The summed E-state index contributed by atoms with van der Waals surface area (Å²) < 4.78 is 0. The van der Waals surface area contributed by atoms with Gasteiger partial charge in [0.15, 0.2) is 0 Å². The summed E-state index contributed by atoms with van der Waals surface area (Å²) in [5.41, 5.74) is 0.206. The number of hydrogen-bond acceptors (Lipinski definition) is 1. The van der Waals surface area contributed by atoms with Gasteiger partial charge in [-0.2, -0.15) is 0 Å². The Labute approximate surface area is 93.3 Å². The highest BCUT2D eigenvalue weighted by atomic mass is 16.3. The summed E-state index contributed by atoms with van der Waals surface area (Å²) in [6.45, 7) is 7.16. The van der Waals surface area contributed by atoms with E-state index >= 15 is 0 Å². The Morgan fingerprint density at radius 2 is 1.60 bits per heavy atom. The van der Waals surface area contributed by atoms with Crippen molar-refractivity contribution in [3.8, 4) is 0 Å². The molecule has 0 radical (unpaired) electrons. The van der Waals surface area contributed by atoms with Gasteiger partial charge in [-0.05, 0) is 61.2 Å². The molecule has 1 nitrogen and oxygen atoms in total. The predicted octanol–water partition coefficient (Wildman–Crippen LogP) is 3.22. The topological polar surface area (TPSA) is 20.2 Å². The molecular weight excluding hydrogens is 184 g/mol. The molecule has 4 aliphatic rings. The van der Waals surface area contributed by atoms with Crippen LogP contribution in [0, 0.1) is 29.1 Å². The molecule has 1 heteroatoms. The van der Waals surface area contributed by atoms with Gasteiger partial charge in [0, 0.05) is 0 Å². The van der Waals surface area contributed by atoms with Crippen LogP contribution in [0.5, 0.6) is 0 Å².